The largest absolute Gasteiger partial charge is 0.489 e. The number of allylic oxidation sites excluding steroid dienone is 1. The van der Waals surface area contributed by atoms with Crippen LogP contribution in [0.2, 0.25) is 0 Å². The van der Waals surface area contributed by atoms with E-state index in [2.05, 4.69) is 4.57 Å². The van der Waals surface area contributed by atoms with Crippen LogP contribution >= 0.6 is 11.3 Å². The highest BCUT2D eigenvalue weighted by atomic mass is 32.1. The molecule has 0 radical (unpaired) electrons. The molecule has 3 aromatic carbocycles. The summed E-state index contributed by atoms with van der Waals surface area (Å²) in [6.45, 7) is 6.10. The second kappa shape index (κ2) is 12.5. The second-order valence-corrected chi connectivity index (χ2v) is 11.7. The molecule has 0 amide bonds. The zero-order valence-corrected chi connectivity index (χ0v) is 26.2. The fourth-order valence-electron chi connectivity index (χ4n) is 5.76. The van der Waals surface area contributed by atoms with Crippen molar-refractivity contribution >= 4 is 23.4 Å². The maximum atomic E-state index is 14.0. The number of halogens is 1. The van der Waals surface area contributed by atoms with Gasteiger partial charge in [-0.15, -0.1) is 0 Å². The number of aromatic nitrogens is 2. The predicted molar refractivity (Wildman–Crippen MR) is 173 cm³/mol. The van der Waals surface area contributed by atoms with Crippen LogP contribution < -0.4 is 19.6 Å². The third kappa shape index (κ3) is 5.67. The van der Waals surface area contributed by atoms with Gasteiger partial charge in [0.15, 0.2) is 4.80 Å². The summed E-state index contributed by atoms with van der Waals surface area (Å²) in [7, 11) is 1.35. The summed E-state index contributed by atoms with van der Waals surface area (Å²) in [5.41, 5.74) is 5.87. The van der Waals surface area contributed by atoms with Crippen molar-refractivity contribution in [3.63, 3.8) is 0 Å². The number of carbonyl (C=O) groups is 1. The lowest BCUT2D eigenvalue weighted by atomic mass is 9.95. The molecule has 45 heavy (non-hydrogen) atoms. The minimum Gasteiger partial charge on any atom is -0.489 e. The number of esters is 1. The number of rotatable bonds is 8. The number of carbonyl (C=O) groups excluding carboxylic acids is 1. The number of fused-ring (bicyclic) bond motifs is 1. The van der Waals surface area contributed by atoms with Crippen LogP contribution in [0.1, 0.15) is 47.5 Å². The van der Waals surface area contributed by atoms with Gasteiger partial charge in [-0.3, -0.25) is 9.36 Å². The van der Waals surface area contributed by atoms with Crippen LogP contribution in [0, 0.1) is 19.7 Å². The van der Waals surface area contributed by atoms with E-state index >= 15 is 0 Å². The van der Waals surface area contributed by atoms with E-state index in [-0.39, 0.29) is 18.0 Å². The first-order valence-corrected chi connectivity index (χ1v) is 15.5. The summed E-state index contributed by atoms with van der Waals surface area (Å²) in [6.07, 6.45) is 2.41. The minimum atomic E-state index is -0.640. The van der Waals surface area contributed by atoms with Crippen molar-refractivity contribution in [3.05, 3.63) is 150 Å². The van der Waals surface area contributed by atoms with Gasteiger partial charge in [-0.05, 0) is 73.9 Å². The summed E-state index contributed by atoms with van der Waals surface area (Å²) >= 11 is 1.31. The number of aryl methyl sites for hydroxylation is 1. The summed E-state index contributed by atoms with van der Waals surface area (Å²) in [6, 6.07) is 25.1. The van der Waals surface area contributed by atoms with Crippen molar-refractivity contribution < 1.29 is 18.7 Å². The highest BCUT2D eigenvalue weighted by Gasteiger charge is 2.33. The van der Waals surface area contributed by atoms with Gasteiger partial charge < -0.3 is 14.0 Å². The molecular formula is C36H32FN3O4S. The van der Waals surface area contributed by atoms with E-state index in [4.69, 9.17) is 14.5 Å². The SMILES string of the molecule is CCC1=C(C(=O)OC)[C@H](c2ccccc2)n2c(s/c(=C/c3cc(C)n(-c4ccc(OCc5ccccc5F)cc4)c3C)c2=O)=N1. The van der Waals surface area contributed by atoms with Gasteiger partial charge in [0, 0.05) is 22.6 Å². The maximum absolute atomic E-state index is 14.0. The van der Waals surface area contributed by atoms with Gasteiger partial charge in [-0.2, -0.15) is 0 Å². The Morgan fingerprint density at radius 2 is 1.73 bits per heavy atom. The van der Waals surface area contributed by atoms with Gasteiger partial charge in [-0.25, -0.2) is 14.2 Å². The Morgan fingerprint density at radius 1 is 1.02 bits per heavy atom. The zero-order valence-electron chi connectivity index (χ0n) is 25.4. The zero-order chi connectivity index (χ0) is 31.7. The van der Waals surface area contributed by atoms with Gasteiger partial charge in [0.2, 0.25) is 0 Å². The molecule has 3 heterocycles. The van der Waals surface area contributed by atoms with Gasteiger partial charge in [0.05, 0.1) is 29.0 Å². The molecule has 7 nitrogen and oxygen atoms in total. The first-order chi connectivity index (χ1) is 21.8. The normalized spacial score (nSPS) is 14.7. The van der Waals surface area contributed by atoms with E-state index < -0.39 is 12.0 Å². The highest BCUT2D eigenvalue weighted by molar-refractivity contribution is 7.07. The first-order valence-electron chi connectivity index (χ1n) is 14.6. The molecule has 1 aliphatic rings. The van der Waals surface area contributed by atoms with Crippen molar-refractivity contribution in [2.24, 2.45) is 4.99 Å². The predicted octanol–water partition coefficient (Wildman–Crippen LogP) is 5.92. The topological polar surface area (TPSA) is 74.8 Å². The van der Waals surface area contributed by atoms with Gasteiger partial charge in [-0.1, -0.05) is 66.8 Å². The summed E-state index contributed by atoms with van der Waals surface area (Å²) in [4.78, 5) is 32.3. The maximum Gasteiger partial charge on any atom is 0.338 e. The van der Waals surface area contributed by atoms with Gasteiger partial charge >= 0.3 is 5.97 Å². The van der Waals surface area contributed by atoms with Crippen LogP contribution in [0.25, 0.3) is 11.8 Å². The Labute approximate surface area is 263 Å². The van der Waals surface area contributed by atoms with E-state index in [0.717, 1.165) is 28.2 Å². The van der Waals surface area contributed by atoms with E-state index in [9.17, 15) is 14.0 Å². The quantitative estimate of drug-likeness (QED) is 0.202. The third-order valence-corrected chi connectivity index (χ3v) is 8.95. The Hall–Kier alpha value is -5.02. The van der Waals surface area contributed by atoms with Crippen LogP contribution in [0.4, 0.5) is 4.39 Å². The lowest BCUT2D eigenvalue weighted by Crippen LogP contribution is -2.40. The van der Waals surface area contributed by atoms with Crippen LogP contribution in [-0.2, 0) is 16.1 Å². The van der Waals surface area contributed by atoms with Gasteiger partial charge in [0.1, 0.15) is 18.2 Å². The van der Waals surface area contributed by atoms with Crippen LogP contribution in [0.15, 0.2) is 106 Å². The number of hydrogen-bond acceptors (Lipinski definition) is 6. The monoisotopic (exact) mass is 621 g/mol. The number of nitrogens with zero attached hydrogens (tertiary/aromatic N) is 3. The number of methoxy groups -OCH3 is 1. The molecular weight excluding hydrogens is 589 g/mol. The molecule has 0 aliphatic carbocycles. The molecule has 0 bridgehead atoms. The van der Waals surface area contributed by atoms with Crippen molar-refractivity contribution in [2.45, 2.75) is 39.8 Å². The molecule has 0 unspecified atom stereocenters. The number of hydrogen-bond donors (Lipinski definition) is 0. The Morgan fingerprint density at radius 3 is 2.42 bits per heavy atom. The molecule has 9 heteroatoms. The van der Waals surface area contributed by atoms with Crippen molar-refractivity contribution in [3.8, 4) is 11.4 Å². The standard InChI is InChI=1S/C36H32FN3O4S/c1-5-30-32(35(42)43-4)33(24-11-7-6-8-12-24)40-34(41)31(45-36(40)38-30)20-26-19-22(2)39(23(26)3)27-15-17-28(18-16-27)44-21-25-13-9-10-14-29(25)37/h6-20,33H,5,21H2,1-4H3/b31-20+/t33-/m0/s1. The van der Waals surface area contributed by atoms with Gasteiger partial charge in [0.25, 0.3) is 5.56 Å². The van der Waals surface area contributed by atoms with Crippen molar-refractivity contribution in [1.82, 2.24) is 9.13 Å². The molecule has 0 saturated carbocycles. The Balaban J connectivity index is 1.36. The second-order valence-electron chi connectivity index (χ2n) is 10.7. The molecule has 5 aromatic rings. The fraction of sp³-hybridized carbons (Fsp3) is 0.194. The molecule has 228 valence electrons. The molecule has 0 saturated heterocycles. The summed E-state index contributed by atoms with van der Waals surface area (Å²) in [5, 5.41) is 0. The summed E-state index contributed by atoms with van der Waals surface area (Å²) < 4.78 is 29.2. The fourth-order valence-corrected chi connectivity index (χ4v) is 6.77. The average molecular weight is 622 g/mol. The van der Waals surface area contributed by atoms with E-state index in [1.807, 2.05) is 87.5 Å². The number of thiazole rings is 1. The molecule has 0 N–H and O–H groups in total. The Kier molecular flexibility index (Phi) is 8.36. The molecule has 2 aromatic heterocycles. The van der Waals surface area contributed by atoms with E-state index in [1.54, 1.807) is 22.8 Å². The number of benzene rings is 3. The van der Waals surface area contributed by atoms with Crippen LogP contribution in [-0.4, -0.2) is 22.2 Å². The van der Waals surface area contributed by atoms with Crippen molar-refractivity contribution in [2.75, 3.05) is 7.11 Å². The molecule has 1 atom stereocenters. The summed E-state index contributed by atoms with van der Waals surface area (Å²) in [5.74, 6) is -0.152. The first kappa shape index (κ1) is 30.0. The van der Waals surface area contributed by atoms with Crippen LogP contribution in [0.5, 0.6) is 5.75 Å². The van der Waals surface area contributed by atoms with Crippen LogP contribution in [0.3, 0.4) is 0 Å². The smallest absolute Gasteiger partial charge is 0.338 e. The molecule has 1 aliphatic heterocycles. The van der Waals surface area contributed by atoms with Crippen molar-refractivity contribution in [1.29, 1.82) is 0 Å². The Bertz CT molecular complexity index is 2110. The number of ether oxygens (including phenoxy) is 2. The van der Waals surface area contributed by atoms with E-state index in [0.29, 0.717) is 38.3 Å². The molecule has 0 spiro atoms. The molecule has 6 rings (SSSR count). The molecule has 0 fully saturated rings. The highest BCUT2D eigenvalue weighted by Crippen LogP contribution is 2.32. The average Bonchev–Trinajstić information content (AvgIpc) is 3.53. The third-order valence-electron chi connectivity index (χ3n) is 7.97. The lowest BCUT2D eigenvalue weighted by molar-refractivity contribution is -0.136. The minimum absolute atomic E-state index is 0.140. The lowest BCUT2D eigenvalue weighted by Gasteiger charge is -2.25. The van der Waals surface area contributed by atoms with E-state index in [1.165, 1.54) is 24.5 Å².